The predicted molar refractivity (Wildman–Crippen MR) is 128 cm³/mol. The fourth-order valence-corrected chi connectivity index (χ4v) is 4.21. The van der Waals surface area contributed by atoms with Gasteiger partial charge >= 0.3 is 0 Å². The van der Waals surface area contributed by atoms with Gasteiger partial charge in [0.15, 0.2) is 0 Å². The lowest BCUT2D eigenvalue weighted by atomic mass is 10.0. The van der Waals surface area contributed by atoms with Gasteiger partial charge in [-0.1, -0.05) is 54.6 Å². The van der Waals surface area contributed by atoms with Crippen LogP contribution in [0.2, 0.25) is 0 Å². The van der Waals surface area contributed by atoms with Crippen molar-refractivity contribution >= 4 is 17.6 Å². The molecular formula is C26H29N5O2. The highest BCUT2D eigenvalue weighted by Crippen LogP contribution is 2.19. The highest BCUT2D eigenvalue weighted by molar-refractivity contribution is 5.97. The van der Waals surface area contributed by atoms with E-state index in [0.29, 0.717) is 37.1 Å². The molecule has 7 heteroatoms. The number of aromatic nitrogens is 2. The Morgan fingerprint density at radius 3 is 2.58 bits per heavy atom. The van der Waals surface area contributed by atoms with Crippen molar-refractivity contribution < 1.29 is 9.59 Å². The second-order valence-corrected chi connectivity index (χ2v) is 8.50. The summed E-state index contributed by atoms with van der Waals surface area (Å²) in [6.45, 7) is 3.47. The van der Waals surface area contributed by atoms with E-state index in [1.54, 1.807) is 0 Å². The van der Waals surface area contributed by atoms with Gasteiger partial charge in [-0.15, -0.1) is 0 Å². The van der Waals surface area contributed by atoms with Crippen molar-refractivity contribution in [1.82, 2.24) is 14.9 Å². The summed E-state index contributed by atoms with van der Waals surface area (Å²) in [4.78, 5) is 35.4. The first kappa shape index (κ1) is 22.5. The summed E-state index contributed by atoms with van der Waals surface area (Å²) in [6.07, 6.45) is 4.50. The number of carbonyl (C=O) groups excluding carboxylic acids is 2. The summed E-state index contributed by atoms with van der Waals surface area (Å²) in [6, 6.07) is 18.1. The number of carbonyl (C=O) groups is 2. The highest BCUT2D eigenvalue weighted by Gasteiger charge is 2.24. The van der Waals surface area contributed by atoms with E-state index in [0.717, 1.165) is 36.1 Å². The normalized spacial score (nSPS) is 15.4. The predicted octanol–water partition coefficient (Wildman–Crippen LogP) is 3.33. The molecule has 3 aromatic rings. The van der Waals surface area contributed by atoms with E-state index in [1.807, 2.05) is 59.5 Å². The Bertz CT molecular complexity index is 1130. The third kappa shape index (κ3) is 5.74. The van der Waals surface area contributed by atoms with Crippen molar-refractivity contribution in [3.05, 3.63) is 88.9 Å². The van der Waals surface area contributed by atoms with Gasteiger partial charge in [-0.05, 0) is 36.5 Å². The molecule has 0 saturated carbocycles. The van der Waals surface area contributed by atoms with E-state index in [4.69, 9.17) is 5.73 Å². The fraction of sp³-hybridized carbons (Fsp3) is 0.308. The summed E-state index contributed by atoms with van der Waals surface area (Å²) in [5, 5.41) is 3.21. The molecule has 7 nitrogen and oxygen atoms in total. The monoisotopic (exact) mass is 443 g/mol. The van der Waals surface area contributed by atoms with Gasteiger partial charge in [0, 0.05) is 31.7 Å². The number of rotatable bonds is 8. The van der Waals surface area contributed by atoms with Crippen LogP contribution in [0.4, 0.5) is 5.82 Å². The standard InChI is InChI=1S/C26H29N5O2/c1-18-7-6-12-31(18)24(32)15-21-11-5-10-20(13-21)14-23-28-17-22(25(27)33)26(30-23)29-16-19-8-3-2-4-9-19/h2-5,8-11,13,17-18H,6-7,12,14-16H2,1H3,(H2,27,33)(H,28,29,30)/t18-/m1/s1. The average Bonchev–Trinajstić information content (AvgIpc) is 3.24. The lowest BCUT2D eigenvalue weighted by molar-refractivity contribution is -0.130. The third-order valence-corrected chi connectivity index (χ3v) is 5.99. The zero-order valence-corrected chi connectivity index (χ0v) is 18.8. The maximum absolute atomic E-state index is 12.7. The molecule has 1 fully saturated rings. The smallest absolute Gasteiger partial charge is 0.254 e. The van der Waals surface area contributed by atoms with Crippen LogP contribution in [0.1, 0.15) is 52.6 Å². The highest BCUT2D eigenvalue weighted by atomic mass is 16.2. The molecule has 3 N–H and O–H groups in total. The summed E-state index contributed by atoms with van der Waals surface area (Å²) in [7, 11) is 0. The van der Waals surface area contributed by atoms with E-state index >= 15 is 0 Å². The number of nitrogens with two attached hydrogens (primary N) is 1. The van der Waals surface area contributed by atoms with Crippen LogP contribution < -0.4 is 11.1 Å². The molecule has 33 heavy (non-hydrogen) atoms. The van der Waals surface area contributed by atoms with E-state index in [9.17, 15) is 9.59 Å². The van der Waals surface area contributed by atoms with Gasteiger partial charge in [0.2, 0.25) is 5.91 Å². The molecule has 1 aliphatic heterocycles. The number of primary amides is 1. The molecule has 0 radical (unpaired) electrons. The molecule has 1 atom stereocenters. The molecule has 2 amide bonds. The van der Waals surface area contributed by atoms with E-state index in [1.165, 1.54) is 6.20 Å². The second kappa shape index (κ2) is 10.3. The molecule has 4 rings (SSSR count). The van der Waals surface area contributed by atoms with E-state index in [2.05, 4.69) is 22.2 Å². The number of nitrogens with zero attached hydrogens (tertiary/aromatic N) is 3. The molecular weight excluding hydrogens is 414 g/mol. The number of hydrogen-bond donors (Lipinski definition) is 2. The average molecular weight is 444 g/mol. The third-order valence-electron chi connectivity index (χ3n) is 5.99. The lowest BCUT2D eigenvalue weighted by Gasteiger charge is -2.21. The summed E-state index contributed by atoms with van der Waals surface area (Å²) in [5.41, 5.74) is 8.83. The zero-order chi connectivity index (χ0) is 23.2. The molecule has 0 unspecified atom stereocenters. The number of hydrogen-bond acceptors (Lipinski definition) is 5. The van der Waals surface area contributed by atoms with Crippen molar-refractivity contribution in [1.29, 1.82) is 0 Å². The summed E-state index contributed by atoms with van der Waals surface area (Å²) in [5.74, 6) is 0.596. The molecule has 2 aromatic carbocycles. The first-order valence-electron chi connectivity index (χ1n) is 11.3. The summed E-state index contributed by atoms with van der Waals surface area (Å²) < 4.78 is 0. The van der Waals surface area contributed by atoms with Gasteiger partial charge in [-0.3, -0.25) is 9.59 Å². The molecule has 1 aliphatic rings. The fourth-order valence-electron chi connectivity index (χ4n) is 4.21. The Labute approximate surface area is 194 Å². The van der Waals surface area contributed by atoms with Crippen LogP contribution in [0.3, 0.4) is 0 Å². The number of anilines is 1. The number of likely N-dealkylation sites (tertiary alicyclic amines) is 1. The van der Waals surface area contributed by atoms with Crippen LogP contribution >= 0.6 is 0 Å². The Balaban J connectivity index is 1.47. The molecule has 1 aromatic heterocycles. The Morgan fingerprint density at radius 1 is 1.09 bits per heavy atom. The summed E-state index contributed by atoms with van der Waals surface area (Å²) >= 11 is 0. The van der Waals surface area contributed by atoms with Crippen LogP contribution in [-0.4, -0.2) is 39.3 Å². The first-order valence-corrected chi connectivity index (χ1v) is 11.3. The van der Waals surface area contributed by atoms with Gasteiger partial charge in [0.1, 0.15) is 11.6 Å². The maximum Gasteiger partial charge on any atom is 0.254 e. The van der Waals surface area contributed by atoms with Gasteiger partial charge in [-0.25, -0.2) is 9.97 Å². The van der Waals surface area contributed by atoms with Gasteiger partial charge in [-0.2, -0.15) is 0 Å². The Morgan fingerprint density at radius 2 is 1.85 bits per heavy atom. The molecule has 170 valence electrons. The minimum absolute atomic E-state index is 0.173. The van der Waals surface area contributed by atoms with Crippen LogP contribution in [-0.2, 0) is 24.2 Å². The quantitative estimate of drug-likeness (QED) is 0.556. The number of amides is 2. The van der Waals surface area contributed by atoms with Crippen molar-refractivity contribution in [2.24, 2.45) is 5.73 Å². The maximum atomic E-state index is 12.7. The van der Waals surface area contributed by atoms with Crippen LogP contribution in [0.15, 0.2) is 60.8 Å². The van der Waals surface area contributed by atoms with Crippen LogP contribution in [0, 0.1) is 0 Å². The Kier molecular flexibility index (Phi) is 6.98. The Hall–Kier alpha value is -3.74. The molecule has 0 bridgehead atoms. The minimum atomic E-state index is -0.575. The molecule has 0 aliphatic carbocycles. The van der Waals surface area contributed by atoms with E-state index in [-0.39, 0.29) is 11.5 Å². The first-order chi connectivity index (χ1) is 16.0. The minimum Gasteiger partial charge on any atom is -0.365 e. The van der Waals surface area contributed by atoms with E-state index < -0.39 is 5.91 Å². The molecule has 2 heterocycles. The van der Waals surface area contributed by atoms with Crippen molar-refractivity contribution in [2.75, 3.05) is 11.9 Å². The topological polar surface area (TPSA) is 101 Å². The second-order valence-electron chi connectivity index (χ2n) is 8.50. The van der Waals surface area contributed by atoms with Crippen molar-refractivity contribution in [3.63, 3.8) is 0 Å². The SMILES string of the molecule is C[C@@H]1CCCN1C(=O)Cc1cccc(Cc2ncc(C(N)=O)c(NCc3ccccc3)n2)c1. The van der Waals surface area contributed by atoms with Gasteiger partial charge in [0.25, 0.3) is 5.91 Å². The van der Waals surface area contributed by atoms with Crippen molar-refractivity contribution in [3.8, 4) is 0 Å². The largest absolute Gasteiger partial charge is 0.365 e. The number of nitrogens with one attached hydrogen (secondary N) is 1. The lowest BCUT2D eigenvalue weighted by Crippen LogP contribution is -2.34. The van der Waals surface area contributed by atoms with Gasteiger partial charge < -0.3 is 16.0 Å². The molecule has 1 saturated heterocycles. The van der Waals surface area contributed by atoms with Crippen molar-refractivity contribution in [2.45, 2.75) is 45.2 Å². The zero-order valence-electron chi connectivity index (χ0n) is 18.8. The molecule has 0 spiro atoms. The van der Waals surface area contributed by atoms with Crippen LogP contribution in [0.25, 0.3) is 0 Å². The van der Waals surface area contributed by atoms with Crippen LogP contribution in [0.5, 0.6) is 0 Å². The number of benzene rings is 2. The van der Waals surface area contributed by atoms with Gasteiger partial charge in [0.05, 0.1) is 12.0 Å².